The van der Waals surface area contributed by atoms with Crippen LogP contribution < -0.4 is 5.32 Å². The molecule has 1 aliphatic rings. The molecule has 0 unspecified atom stereocenters. The zero-order valence-corrected chi connectivity index (χ0v) is 12.1. The number of nitrogens with one attached hydrogen (secondary N) is 1. The van der Waals surface area contributed by atoms with Crippen LogP contribution in [0, 0.1) is 11.8 Å². The lowest BCUT2D eigenvalue weighted by molar-refractivity contribution is 0.0930. The largest absolute Gasteiger partial charge is 0.349 e. The van der Waals surface area contributed by atoms with Crippen LogP contribution in [0.5, 0.6) is 0 Å². The van der Waals surface area contributed by atoms with Gasteiger partial charge >= 0.3 is 0 Å². The summed E-state index contributed by atoms with van der Waals surface area (Å²) in [6.45, 7) is 4.31. The van der Waals surface area contributed by atoms with Crippen molar-refractivity contribution in [2.24, 2.45) is 11.8 Å². The molecule has 0 bridgehead atoms. The highest BCUT2D eigenvalue weighted by Crippen LogP contribution is 2.41. The zero-order chi connectivity index (χ0) is 13.3. The van der Waals surface area contributed by atoms with Gasteiger partial charge in [0.1, 0.15) is 0 Å². The minimum absolute atomic E-state index is 0.109. The van der Waals surface area contributed by atoms with Crippen molar-refractivity contribution in [1.29, 1.82) is 0 Å². The second kappa shape index (κ2) is 5.50. The third-order valence-electron chi connectivity index (χ3n) is 3.62. The molecule has 2 nitrogen and oxygen atoms in total. The van der Waals surface area contributed by atoms with Gasteiger partial charge in [0.25, 0.3) is 5.91 Å². The molecule has 0 aromatic heterocycles. The van der Waals surface area contributed by atoms with E-state index in [1.807, 2.05) is 0 Å². The first-order chi connectivity index (χ1) is 8.52. The summed E-state index contributed by atoms with van der Waals surface area (Å²) < 4.78 is 0. The Morgan fingerprint density at radius 1 is 1.50 bits per heavy atom. The standard InChI is InChI=1S/C14H17Cl2NO/c1-3-13(11-6-8(11)2)17-14(18)10-5-4-9(15)7-12(10)16/h4-5,7-8,11,13H,3,6H2,1-2H3,(H,17,18)/t8-,11-,13+/m1/s1. The minimum Gasteiger partial charge on any atom is -0.349 e. The van der Waals surface area contributed by atoms with Gasteiger partial charge in [0.05, 0.1) is 10.6 Å². The molecule has 0 saturated heterocycles. The Kier molecular flexibility index (Phi) is 4.18. The van der Waals surface area contributed by atoms with Gasteiger partial charge in [-0.15, -0.1) is 0 Å². The van der Waals surface area contributed by atoms with Crippen molar-refractivity contribution in [1.82, 2.24) is 5.32 Å². The first kappa shape index (κ1) is 13.7. The van der Waals surface area contributed by atoms with E-state index in [1.165, 1.54) is 6.42 Å². The van der Waals surface area contributed by atoms with Crippen LogP contribution in [0.2, 0.25) is 10.0 Å². The number of benzene rings is 1. The number of rotatable bonds is 4. The molecule has 1 fully saturated rings. The summed E-state index contributed by atoms with van der Waals surface area (Å²) in [6, 6.07) is 5.20. The van der Waals surface area contributed by atoms with Crippen LogP contribution in [0.15, 0.2) is 18.2 Å². The Hall–Kier alpha value is -0.730. The van der Waals surface area contributed by atoms with Gasteiger partial charge in [0, 0.05) is 11.1 Å². The van der Waals surface area contributed by atoms with Crippen LogP contribution in [0.4, 0.5) is 0 Å². The third kappa shape index (κ3) is 2.99. The van der Waals surface area contributed by atoms with E-state index in [0.717, 1.165) is 12.3 Å². The van der Waals surface area contributed by atoms with Crippen molar-refractivity contribution in [2.45, 2.75) is 32.7 Å². The van der Waals surface area contributed by atoms with Crippen molar-refractivity contribution in [3.8, 4) is 0 Å². The number of carbonyl (C=O) groups is 1. The molecule has 0 spiro atoms. The summed E-state index contributed by atoms with van der Waals surface area (Å²) in [5.74, 6) is 1.23. The number of halogens is 2. The van der Waals surface area contributed by atoms with Crippen LogP contribution in [-0.4, -0.2) is 11.9 Å². The maximum atomic E-state index is 12.1. The smallest absolute Gasteiger partial charge is 0.253 e. The molecule has 1 aromatic rings. The fourth-order valence-electron chi connectivity index (χ4n) is 2.34. The van der Waals surface area contributed by atoms with E-state index in [0.29, 0.717) is 21.5 Å². The topological polar surface area (TPSA) is 29.1 Å². The Bertz CT molecular complexity index is 461. The molecule has 2 rings (SSSR count). The fraction of sp³-hybridized carbons (Fsp3) is 0.500. The van der Waals surface area contributed by atoms with Crippen LogP contribution in [0.1, 0.15) is 37.0 Å². The van der Waals surface area contributed by atoms with Gasteiger partial charge in [0.15, 0.2) is 0 Å². The minimum atomic E-state index is -0.109. The highest BCUT2D eigenvalue weighted by atomic mass is 35.5. The van der Waals surface area contributed by atoms with Crippen molar-refractivity contribution >= 4 is 29.1 Å². The summed E-state index contributed by atoms with van der Waals surface area (Å²) >= 11 is 11.8. The maximum Gasteiger partial charge on any atom is 0.253 e. The predicted octanol–water partition coefficient (Wildman–Crippen LogP) is 4.16. The van der Waals surface area contributed by atoms with Crippen molar-refractivity contribution < 1.29 is 4.79 Å². The van der Waals surface area contributed by atoms with Gasteiger partial charge in [-0.2, -0.15) is 0 Å². The van der Waals surface area contributed by atoms with Crippen molar-refractivity contribution in [3.05, 3.63) is 33.8 Å². The summed E-state index contributed by atoms with van der Waals surface area (Å²) in [4.78, 5) is 12.1. The Morgan fingerprint density at radius 2 is 2.17 bits per heavy atom. The molecule has 1 N–H and O–H groups in total. The second-order valence-electron chi connectivity index (χ2n) is 4.99. The van der Waals surface area contributed by atoms with Crippen molar-refractivity contribution in [2.75, 3.05) is 0 Å². The predicted molar refractivity (Wildman–Crippen MR) is 75.3 cm³/mol. The number of hydrogen-bond donors (Lipinski definition) is 1. The van der Waals surface area contributed by atoms with E-state index in [1.54, 1.807) is 18.2 Å². The number of hydrogen-bond acceptors (Lipinski definition) is 1. The highest BCUT2D eigenvalue weighted by molar-refractivity contribution is 6.36. The van der Waals surface area contributed by atoms with E-state index in [4.69, 9.17) is 23.2 Å². The van der Waals surface area contributed by atoms with Gasteiger partial charge in [-0.1, -0.05) is 37.0 Å². The zero-order valence-electron chi connectivity index (χ0n) is 10.5. The first-order valence-electron chi connectivity index (χ1n) is 6.28. The SMILES string of the molecule is CC[C@H](NC(=O)c1ccc(Cl)cc1Cl)[C@@H]1C[C@H]1C. The van der Waals surface area contributed by atoms with Crippen molar-refractivity contribution in [3.63, 3.8) is 0 Å². The summed E-state index contributed by atoms with van der Waals surface area (Å²) in [5.41, 5.74) is 0.493. The van der Waals surface area contributed by atoms with E-state index in [-0.39, 0.29) is 11.9 Å². The lowest BCUT2D eigenvalue weighted by atomic mass is 10.1. The quantitative estimate of drug-likeness (QED) is 0.884. The van der Waals surface area contributed by atoms with E-state index < -0.39 is 0 Å². The summed E-state index contributed by atoms with van der Waals surface area (Å²) in [6.07, 6.45) is 2.15. The molecule has 98 valence electrons. The molecule has 1 amide bonds. The molecule has 4 heteroatoms. The molecule has 1 aliphatic carbocycles. The Labute approximate surface area is 118 Å². The van der Waals surface area contributed by atoms with Crippen LogP contribution in [0.3, 0.4) is 0 Å². The molecule has 1 saturated carbocycles. The third-order valence-corrected chi connectivity index (χ3v) is 4.17. The second-order valence-corrected chi connectivity index (χ2v) is 5.83. The normalized spacial score (nSPS) is 23.6. The van der Waals surface area contributed by atoms with Gasteiger partial charge in [-0.3, -0.25) is 4.79 Å². The lowest BCUT2D eigenvalue weighted by Gasteiger charge is -2.17. The Balaban J connectivity index is 2.06. The van der Waals surface area contributed by atoms with E-state index in [9.17, 15) is 4.79 Å². The van der Waals surface area contributed by atoms with Gasteiger partial charge in [-0.05, 0) is 42.9 Å². The molecule has 0 radical (unpaired) electrons. The van der Waals surface area contributed by atoms with Crippen LogP contribution >= 0.6 is 23.2 Å². The average Bonchev–Trinajstić information content (AvgIpc) is 3.02. The molecular weight excluding hydrogens is 269 g/mol. The Morgan fingerprint density at radius 3 is 2.67 bits per heavy atom. The number of amides is 1. The number of carbonyl (C=O) groups excluding carboxylic acids is 1. The fourth-order valence-corrected chi connectivity index (χ4v) is 2.84. The van der Waals surface area contributed by atoms with E-state index >= 15 is 0 Å². The highest BCUT2D eigenvalue weighted by Gasteiger charge is 2.39. The molecule has 0 heterocycles. The average molecular weight is 286 g/mol. The lowest BCUT2D eigenvalue weighted by Crippen LogP contribution is -2.36. The van der Waals surface area contributed by atoms with Crippen LogP contribution in [0.25, 0.3) is 0 Å². The first-order valence-corrected chi connectivity index (χ1v) is 7.04. The van der Waals surface area contributed by atoms with Gasteiger partial charge in [-0.25, -0.2) is 0 Å². The van der Waals surface area contributed by atoms with Gasteiger partial charge in [0.2, 0.25) is 0 Å². The molecular formula is C14H17Cl2NO. The monoisotopic (exact) mass is 285 g/mol. The molecule has 3 atom stereocenters. The van der Waals surface area contributed by atoms with Crippen LogP contribution in [-0.2, 0) is 0 Å². The maximum absolute atomic E-state index is 12.1. The summed E-state index contributed by atoms with van der Waals surface area (Å²) in [7, 11) is 0. The molecule has 1 aromatic carbocycles. The van der Waals surface area contributed by atoms with Gasteiger partial charge < -0.3 is 5.32 Å². The van der Waals surface area contributed by atoms with E-state index in [2.05, 4.69) is 19.2 Å². The molecule has 18 heavy (non-hydrogen) atoms. The summed E-state index contributed by atoms with van der Waals surface area (Å²) in [5, 5.41) is 4.01. The molecule has 0 aliphatic heterocycles.